The highest BCUT2D eigenvalue weighted by molar-refractivity contribution is 8.16. The highest BCUT2D eigenvalue weighted by Crippen LogP contribution is 2.44. The lowest BCUT2D eigenvalue weighted by Crippen LogP contribution is -2.45. The van der Waals surface area contributed by atoms with E-state index in [2.05, 4.69) is 16.7 Å². The molecule has 0 unspecified atom stereocenters. The molecular weight excluding hydrogens is 428 g/mol. The van der Waals surface area contributed by atoms with Crippen LogP contribution in [0.4, 0.5) is 5.69 Å². The van der Waals surface area contributed by atoms with Gasteiger partial charge in [-0.3, -0.25) is 9.59 Å². The number of furan rings is 1. The standard InChI is InChI=1S/C24H24N2O3S2/c27-22(25-19-10-4-9-18(16-19)24-30-13-6-14-31-24)20(15-17-7-2-1-3-8-17)26-23(28)21-11-5-12-29-21/h1-5,7-12,16,20,24H,6,13-15H2,(H,25,27)(H,26,28)/t20-/m0/s1. The number of hydrogen-bond acceptors (Lipinski definition) is 5. The predicted molar refractivity (Wildman–Crippen MR) is 127 cm³/mol. The van der Waals surface area contributed by atoms with Gasteiger partial charge >= 0.3 is 0 Å². The van der Waals surface area contributed by atoms with Gasteiger partial charge in [0.15, 0.2) is 5.76 Å². The lowest BCUT2D eigenvalue weighted by Gasteiger charge is -2.22. The van der Waals surface area contributed by atoms with Crippen molar-refractivity contribution in [3.05, 3.63) is 89.9 Å². The molecule has 0 spiro atoms. The molecule has 5 nitrogen and oxygen atoms in total. The minimum atomic E-state index is -0.734. The van der Waals surface area contributed by atoms with Crippen molar-refractivity contribution in [1.29, 1.82) is 0 Å². The van der Waals surface area contributed by atoms with Crippen LogP contribution in [0, 0.1) is 0 Å². The molecule has 1 atom stereocenters. The topological polar surface area (TPSA) is 71.3 Å². The van der Waals surface area contributed by atoms with E-state index in [-0.39, 0.29) is 11.7 Å². The Hall–Kier alpha value is -2.64. The molecule has 0 radical (unpaired) electrons. The van der Waals surface area contributed by atoms with Gasteiger partial charge in [0.05, 0.1) is 10.8 Å². The summed E-state index contributed by atoms with van der Waals surface area (Å²) < 4.78 is 5.57. The van der Waals surface area contributed by atoms with Gasteiger partial charge in [-0.05, 0) is 53.3 Å². The van der Waals surface area contributed by atoms with Crippen LogP contribution in [0.5, 0.6) is 0 Å². The molecule has 0 aliphatic carbocycles. The zero-order valence-electron chi connectivity index (χ0n) is 17.0. The molecular formula is C24H24N2O3S2. The van der Waals surface area contributed by atoms with E-state index in [9.17, 15) is 9.59 Å². The summed E-state index contributed by atoms with van der Waals surface area (Å²) >= 11 is 3.88. The number of benzene rings is 2. The van der Waals surface area contributed by atoms with E-state index >= 15 is 0 Å². The first-order valence-electron chi connectivity index (χ1n) is 10.2. The molecule has 0 saturated carbocycles. The SMILES string of the molecule is O=C(N[C@@H](Cc1ccccc1)C(=O)Nc1cccc(C2SCCCS2)c1)c1ccco1. The normalized spacial score (nSPS) is 15.2. The molecule has 2 heterocycles. The van der Waals surface area contributed by atoms with Crippen LogP contribution in [0.2, 0.25) is 0 Å². The van der Waals surface area contributed by atoms with Crippen LogP contribution in [0.25, 0.3) is 0 Å². The highest BCUT2D eigenvalue weighted by Gasteiger charge is 2.24. The van der Waals surface area contributed by atoms with Gasteiger partial charge in [-0.2, -0.15) is 0 Å². The Morgan fingerprint density at radius 1 is 1.00 bits per heavy atom. The number of carbonyl (C=O) groups is 2. The van der Waals surface area contributed by atoms with Gasteiger partial charge in [-0.25, -0.2) is 0 Å². The minimum absolute atomic E-state index is 0.180. The van der Waals surface area contributed by atoms with Crippen LogP contribution in [0.1, 0.15) is 32.7 Å². The van der Waals surface area contributed by atoms with Crippen LogP contribution >= 0.6 is 23.5 Å². The maximum Gasteiger partial charge on any atom is 0.287 e. The summed E-state index contributed by atoms with van der Waals surface area (Å²) in [6.07, 6.45) is 3.06. The van der Waals surface area contributed by atoms with E-state index in [1.54, 1.807) is 12.1 Å². The average Bonchev–Trinajstić information content (AvgIpc) is 3.35. The van der Waals surface area contributed by atoms with Gasteiger partial charge in [0.1, 0.15) is 6.04 Å². The molecule has 1 saturated heterocycles. The van der Waals surface area contributed by atoms with E-state index in [4.69, 9.17) is 4.42 Å². The maximum atomic E-state index is 13.1. The van der Waals surface area contributed by atoms with E-state index < -0.39 is 11.9 Å². The molecule has 1 aliphatic heterocycles. The van der Waals surface area contributed by atoms with Crippen molar-refractivity contribution >= 4 is 41.0 Å². The molecule has 1 aromatic heterocycles. The zero-order chi connectivity index (χ0) is 21.5. The van der Waals surface area contributed by atoms with E-state index in [1.807, 2.05) is 72.1 Å². The maximum absolute atomic E-state index is 13.1. The number of amides is 2. The van der Waals surface area contributed by atoms with Crippen LogP contribution in [0.3, 0.4) is 0 Å². The first-order valence-corrected chi connectivity index (χ1v) is 12.3. The molecule has 3 aromatic rings. The van der Waals surface area contributed by atoms with E-state index in [0.29, 0.717) is 11.0 Å². The van der Waals surface area contributed by atoms with Gasteiger partial charge < -0.3 is 15.1 Å². The molecule has 1 fully saturated rings. The second-order valence-electron chi connectivity index (χ2n) is 7.23. The Morgan fingerprint density at radius 3 is 2.55 bits per heavy atom. The quantitative estimate of drug-likeness (QED) is 0.520. The van der Waals surface area contributed by atoms with Crippen LogP contribution < -0.4 is 10.6 Å². The van der Waals surface area contributed by atoms with Gasteiger partial charge in [-0.15, -0.1) is 23.5 Å². The van der Waals surface area contributed by atoms with Crippen molar-refractivity contribution in [2.45, 2.75) is 23.5 Å². The monoisotopic (exact) mass is 452 g/mol. The second kappa shape index (κ2) is 10.6. The van der Waals surface area contributed by atoms with E-state index in [0.717, 1.165) is 22.8 Å². The number of nitrogens with one attached hydrogen (secondary N) is 2. The highest BCUT2D eigenvalue weighted by atomic mass is 32.2. The summed E-state index contributed by atoms with van der Waals surface area (Å²) in [4.78, 5) is 25.7. The van der Waals surface area contributed by atoms with Gasteiger partial charge in [0, 0.05) is 12.1 Å². The van der Waals surface area contributed by atoms with Crippen molar-refractivity contribution in [2.24, 2.45) is 0 Å². The fourth-order valence-corrected chi connectivity index (χ4v) is 6.24. The summed E-state index contributed by atoms with van der Waals surface area (Å²) in [5, 5.41) is 5.80. The van der Waals surface area contributed by atoms with Crippen LogP contribution in [0.15, 0.2) is 77.4 Å². The Morgan fingerprint density at radius 2 is 1.81 bits per heavy atom. The van der Waals surface area contributed by atoms with Gasteiger partial charge in [-0.1, -0.05) is 42.5 Å². The molecule has 31 heavy (non-hydrogen) atoms. The molecule has 4 rings (SSSR count). The van der Waals surface area contributed by atoms with Gasteiger partial charge in [0.2, 0.25) is 5.91 Å². The van der Waals surface area contributed by atoms with Crippen molar-refractivity contribution < 1.29 is 14.0 Å². The Balaban J connectivity index is 1.49. The number of carbonyl (C=O) groups excluding carboxylic acids is 2. The third-order valence-electron chi connectivity index (χ3n) is 4.90. The number of thioether (sulfide) groups is 2. The Kier molecular flexibility index (Phi) is 7.38. The van der Waals surface area contributed by atoms with Crippen molar-refractivity contribution in [1.82, 2.24) is 5.32 Å². The summed E-state index contributed by atoms with van der Waals surface area (Å²) in [5.41, 5.74) is 2.90. The molecule has 160 valence electrons. The molecule has 2 aromatic carbocycles. The van der Waals surface area contributed by atoms with Gasteiger partial charge in [0.25, 0.3) is 5.91 Å². The Bertz CT molecular complexity index is 1000. The number of rotatable bonds is 7. The molecule has 1 aliphatic rings. The number of anilines is 1. The largest absolute Gasteiger partial charge is 0.459 e. The zero-order valence-corrected chi connectivity index (χ0v) is 18.6. The van der Waals surface area contributed by atoms with Crippen molar-refractivity contribution in [2.75, 3.05) is 16.8 Å². The molecule has 0 bridgehead atoms. The molecule has 7 heteroatoms. The Labute approximate surface area is 190 Å². The summed E-state index contributed by atoms with van der Waals surface area (Å²) in [6.45, 7) is 0. The lowest BCUT2D eigenvalue weighted by molar-refractivity contribution is -0.118. The van der Waals surface area contributed by atoms with Crippen molar-refractivity contribution in [3.63, 3.8) is 0 Å². The van der Waals surface area contributed by atoms with E-state index in [1.165, 1.54) is 18.2 Å². The molecule has 2 amide bonds. The number of hydrogen-bond donors (Lipinski definition) is 2. The third-order valence-corrected chi connectivity index (χ3v) is 7.92. The fraction of sp³-hybridized carbons (Fsp3) is 0.250. The van der Waals surface area contributed by atoms with Crippen LogP contribution in [-0.2, 0) is 11.2 Å². The average molecular weight is 453 g/mol. The first kappa shape index (κ1) is 21.6. The summed E-state index contributed by atoms with van der Waals surface area (Å²) in [5.74, 6) is 1.83. The third kappa shape index (κ3) is 5.95. The fourth-order valence-electron chi connectivity index (χ4n) is 3.37. The first-order chi connectivity index (χ1) is 15.2. The predicted octanol–water partition coefficient (Wildman–Crippen LogP) is 5.13. The summed E-state index contributed by atoms with van der Waals surface area (Å²) in [6, 6.07) is 20.1. The van der Waals surface area contributed by atoms with Crippen LogP contribution in [-0.4, -0.2) is 29.4 Å². The smallest absolute Gasteiger partial charge is 0.287 e. The lowest BCUT2D eigenvalue weighted by atomic mass is 10.0. The summed E-state index contributed by atoms with van der Waals surface area (Å²) in [7, 11) is 0. The van der Waals surface area contributed by atoms with Crippen molar-refractivity contribution in [3.8, 4) is 0 Å². The minimum Gasteiger partial charge on any atom is -0.459 e. The molecule has 2 N–H and O–H groups in total. The second-order valence-corrected chi connectivity index (χ2v) is 9.96.